The summed E-state index contributed by atoms with van der Waals surface area (Å²) in [5, 5.41) is 5.16. The Bertz CT molecular complexity index is 3500. The van der Waals surface area contributed by atoms with Crippen LogP contribution >= 0.6 is 0 Å². The molecule has 0 fully saturated rings. The third-order valence-electron chi connectivity index (χ3n) is 16.5. The summed E-state index contributed by atoms with van der Waals surface area (Å²) in [4.78, 5) is 2.53. The molecule has 0 amide bonds. The summed E-state index contributed by atoms with van der Waals surface area (Å²) in [6.45, 7) is 21.5. The summed E-state index contributed by atoms with van der Waals surface area (Å²) < 4.78 is 0. The smallest absolute Gasteiger partial charge is 0.0506 e. The van der Waals surface area contributed by atoms with E-state index in [1.807, 2.05) is 0 Å². The van der Waals surface area contributed by atoms with Crippen LogP contribution in [0, 0.1) is 6.92 Å². The van der Waals surface area contributed by atoms with Crippen LogP contribution in [0.5, 0.6) is 0 Å². The molecule has 324 valence electrons. The van der Waals surface area contributed by atoms with Crippen LogP contribution in [0.4, 0.5) is 17.1 Å². The van der Waals surface area contributed by atoms with Crippen molar-refractivity contribution in [2.75, 3.05) is 4.90 Å². The normalized spacial score (nSPS) is 15.8. The minimum Gasteiger partial charge on any atom is -0.310 e. The molecule has 0 unspecified atom stereocenters. The third-order valence-corrected chi connectivity index (χ3v) is 16.5. The minimum absolute atomic E-state index is 0.00352. The van der Waals surface area contributed by atoms with Crippen molar-refractivity contribution in [3.63, 3.8) is 0 Å². The Labute approximate surface area is 391 Å². The van der Waals surface area contributed by atoms with Crippen LogP contribution in [0.2, 0.25) is 0 Å². The number of anilines is 3. The molecule has 0 saturated heterocycles. The summed E-state index contributed by atoms with van der Waals surface area (Å²) in [6, 6.07) is 65.2. The maximum atomic E-state index is 2.53. The Morgan fingerprint density at radius 1 is 0.409 bits per heavy atom. The van der Waals surface area contributed by atoms with E-state index < -0.39 is 0 Å². The molecule has 9 aromatic rings. The van der Waals surface area contributed by atoms with Crippen molar-refractivity contribution in [1.29, 1.82) is 0 Å². The van der Waals surface area contributed by atoms with Crippen LogP contribution in [-0.2, 0) is 34.5 Å². The van der Waals surface area contributed by atoms with Gasteiger partial charge in [-0.2, -0.15) is 0 Å². The van der Waals surface area contributed by atoms with Gasteiger partial charge in [0.15, 0.2) is 0 Å². The first-order chi connectivity index (χ1) is 31.7. The summed E-state index contributed by atoms with van der Waals surface area (Å²) in [7, 11) is 0. The van der Waals surface area contributed by atoms with E-state index >= 15 is 0 Å². The van der Waals surface area contributed by atoms with Crippen LogP contribution in [0.25, 0.3) is 43.8 Å². The third kappa shape index (κ3) is 5.78. The van der Waals surface area contributed by atoms with Gasteiger partial charge in [-0.1, -0.05) is 189 Å². The first kappa shape index (κ1) is 40.8. The molecule has 1 nitrogen and oxygen atoms in total. The number of hydrogen-bond acceptors (Lipinski definition) is 1. The van der Waals surface area contributed by atoms with Crippen molar-refractivity contribution >= 4 is 38.6 Å². The highest BCUT2D eigenvalue weighted by Gasteiger charge is 2.43. The van der Waals surface area contributed by atoms with E-state index in [4.69, 9.17) is 0 Å². The monoisotopic (exact) mass is 853 g/mol. The number of nitrogens with zero attached hydrogens (tertiary/aromatic N) is 1. The fourth-order valence-electron chi connectivity index (χ4n) is 12.9. The second-order valence-corrected chi connectivity index (χ2v) is 21.8. The van der Waals surface area contributed by atoms with Gasteiger partial charge in [0.1, 0.15) is 0 Å². The molecule has 9 aromatic carbocycles. The Kier molecular flexibility index (Phi) is 8.74. The molecule has 1 heterocycles. The molecule has 0 saturated carbocycles. The fraction of sp³-hybridized carbons (Fsp3) is 0.231. The van der Waals surface area contributed by atoms with Gasteiger partial charge in [-0.25, -0.2) is 0 Å². The van der Waals surface area contributed by atoms with E-state index in [0.29, 0.717) is 0 Å². The number of fused-ring (bicyclic) bond motifs is 11. The molecule has 2 aliphatic carbocycles. The van der Waals surface area contributed by atoms with Crippen LogP contribution in [0.3, 0.4) is 0 Å². The molecule has 0 radical (unpaired) electrons. The quantitative estimate of drug-likeness (QED) is 0.151. The molecular weight excluding hydrogens is 795 g/mol. The molecule has 0 spiro atoms. The Balaban J connectivity index is 0.866. The van der Waals surface area contributed by atoms with Crippen LogP contribution in [0.1, 0.15) is 117 Å². The molecule has 0 bridgehead atoms. The van der Waals surface area contributed by atoms with Crippen LogP contribution in [0.15, 0.2) is 170 Å². The van der Waals surface area contributed by atoms with E-state index in [-0.39, 0.29) is 21.7 Å². The maximum Gasteiger partial charge on any atom is 0.0506 e. The second-order valence-electron chi connectivity index (χ2n) is 21.8. The van der Waals surface area contributed by atoms with Gasteiger partial charge in [0.05, 0.1) is 11.4 Å². The lowest BCUT2D eigenvalue weighted by Crippen LogP contribution is -2.31. The predicted molar refractivity (Wildman–Crippen MR) is 281 cm³/mol. The van der Waals surface area contributed by atoms with Crippen molar-refractivity contribution in [2.45, 2.75) is 96.8 Å². The molecule has 0 N–H and O–H groups in total. The van der Waals surface area contributed by atoms with E-state index in [9.17, 15) is 0 Å². The topological polar surface area (TPSA) is 3.24 Å². The Morgan fingerprint density at radius 2 is 0.970 bits per heavy atom. The average Bonchev–Trinajstić information content (AvgIpc) is 3.68. The highest BCUT2D eigenvalue weighted by molar-refractivity contribution is 6.09. The second kappa shape index (κ2) is 14.2. The molecule has 0 aromatic heterocycles. The molecule has 3 aliphatic rings. The van der Waals surface area contributed by atoms with E-state index in [0.717, 1.165) is 12.8 Å². The fourth-order valence-corrected chi connectivity index (χ4v) is 12.9. The number of benzene rings is 9. The maximum absolute atomic E-state index is 2.53. The lowest BCUT2D eigenvalue weighted by molar-refractivity contribution is 0.622. The van der Waals surface area contributed by atoms with Gasteiger partial charge in [-0.3, -0.25) is 0 Å². The predicted octanol–water partition coefficient (Wildman–Crippen LogP) is 17.1. The average molecular weight is 854 g/mol. The van der Waals surface area contributed by atoms with Crippen molar-refractivity contribution < 1.29 is 0 Å². The zero-order valence-electron chi connectivity index (χ0n) is 40.0. The number of rotatable bonds is 6. The van der Waals surface area contributed by atoms with Crippen molar-refractivity contribution in [3.8, 4) is 22.3 Å². The number of aryl methyl sites for hydroxylation is 3. The van der Waals surface area contributed by atoms with Gasteiger partial charge in [0.25, 0.3) is 0 Å². The lowest BCUT2D eigenvalue weighted by Gasteiger charge is -2.43. The molecule has 1 aliphatic heterocycles. The van der Waals surface area contributed by atoms with Gasteiger partial charge < -0.3 is 4.90 Å². The number of hydrogen-bond donors (Lipinski definition) is 0. The largest absolute Gasteiger partial charge is 0.310 e. The first-order valence-electron chi connectivity index (χ1n) is 24.1. The molecule has 12 rings (SSSR count). The van der Waals surface area contributed by atoms with Crippen molar-refractivity contribution in [2.24, 2.45) is 0 Å². The Hall–Kier alpha value is -6.70. The number of para-hydroxylation sites is 1. The standard InChI is InChI=1S/C65H59N/c1-40-34-57-50(48-19-11-14-22-53(48)63(57,4)5)37-56(40)62(2,3)52-21-13-10-18-42(52)28-26-41-27-32-46-43(35-41)29-30-44-36-45(31-33-47(44)46)66-60-25-17-16-24-55(60)65(8,9)59-38-51-49-20-12-15-23-54(49)64(6,7)58(51)39-61(59)66/h10-25,27,29-39H,26,28H2,1-9H3. The van der Waals surface area contributed by atoms with Gasteiger partial charge >= 0.3 is 0 Å². The zero-order chi connectivity index (χ0) is 45.5. The SMILES string of the molecule is Cc1cc2c(cc1C(C)(C)c1ccccc1CCc1ccc3c(ccc4cc(N5c6ccccc6C(C)(C)c6cc7c(cc65)C(C)(C)c5ccccc5-7)ccc43)c1)-c1ccccc1C2(C)C. The van der Waals surface area contributed by atoms with Gasteiger partial charge in [-0.15, -0.1) is 0 Å². The highest BCUT2D eigenvalue weighted by atomic mass is 15.2. The summed E-state index contributed by atoms with van der Waals surface area (Å²) in [6.07, 6.45) is 1.98. The van der Waals surface area contributed by atoms with Gasteiger partial charge in [0, 0.05) is 27.3 Å². The first-order valence-corrected chi connectivity index (χ1v) is 24.1. The molecular formula is C65H59N. The van der Waals surface area contributed by atoms with Crippen LogP contribution in [-0.4, -0.2) is 0 Å². The van der Waals surface area contributed by atoms with E-state index in [1.165, 1.54) is 122 Å². The van der Waals surface area contributed by atoms with E-state index in [1.54, 1.807) is 0 Å². The van der Waals surface area contributed by atoms with Crippen molar-refractivity contribution in [1.82, 2.24) is 0 Å². The minimum atomic E-state index is -0.158. The summed E-state index contributed by atoms with van der Waals surface area (Å²) in [5.41, 5.74) is 24.3. The van der Waals surface area contributed by atoms with E-state index in [2.05, 4.69) is 237 Å². The lowest BCUT2D eigenvalue weighted by atomic mass is 9.72. The molecule has 66 heavy (non-hydrogen) atoms. The molecule has 0 atom stereocenters. The summed E-state index contributed by atoms with van der Waals surface area (Å²) >= 11 is 0. The van der Waals surface area contributed by atoms with Gasteiger partial charge in [0.2, 0.25) is 0 Å². The highest BCUT2D eigenvalue weighted by Crippen LogP contribution is 2.58. The van der Waals surface area contributed by atoms with Crippen molar-refractivity contribution in [3.05, 3.63) is 231 Å². The Morgan fingerprint density at radius 3 is 1.68 bits per heavy atom. The zero-order valence-corrected chi connectivity index (χ0v) is 40.0. The van der Waals surface area contributed by atoms with Crippen LogP contribution < -0.4 is 4.90 Å². The summed E-state index contributed by atoms with van der Waals surface area (Å²) in [5.74, 6) is 0. The molecule has 1 heteroatoms. The van der Waals surface area contributed by atoms with Gasteiger partial charge in [-0.05, 0) is 161 Å².